The van der Waals surface area contributed by atoms with Crippen LogP contribution in [0.1, 0.15) is 27.2 Å². The lowest BCUT2D eigenvalue weighted by Crippen LogP contribution is -2.22. The molecule has 0 unspecified atom stereocenters. The molecule has 0 aliphatic rings. The number of benzene rings is 2. The molecule has 6 nitrogen and oxygen atoms in total. The molecular weight excluding hydrogens is 376 g/mol. The van der Waals surface area contributed by atoms with E-state index in [0.29, 0.717) is 36.8 Å². The molecule has 0 spiro atoms. The quantitative estimate of drug-likeness (QED) is 0.594. The van der Waals surface area contributed by atoms with Gasteiger partial charge in [-0.15, -0.1) is 11.3 Å². The zero-order valence-corrected chi connectivity index (χ0v) is 16.6. The van der Waals surface area contributed by atoms with Gasteiger partial charge in [0.1, 0.15) is 6.61 Å². The van der Waals surface area contributed by atoms with Crippen LogP contribution in [0.2, 0.25) is 0 Å². The van der Waals surface area contributed by atoms with Crippen LogP contribution in [0, 0.1) is 0 Å². The minimum Gasteiger partial charge on any atom is -0.493 e. The largest absolute Gasteiger partial charge is 0.493 e. The van der Waals surface area contributed by atoms with Crippen LogP contribution in [0.4, 0.5) is 0 Å². The number of ether oxygens (including phenoxy) is 3. The SMILES string of the molecule is COCc1cccc(CNC(=O)c2ccc(OCc3cscn3)c(OC)c2)c1. The van der Waals surface area contributed by atoms with E-state index in [1.807, 2.05) is 29.6 Å². The van der Waals surface area contributed by atoms with Crippen molar-refractivity contribution in [3.8, 4) is 11.5 Å². The summed E-state index contributed by atoms with van der Waals surface area (Å²) in [6, 6.07) is 13.1. The van der Waals surface area contributed by atoms with Gasteiger partial charge in [0.2, 0.25) is 0 Å². The molecular formula is C21H22N2O4S. The number of hydrogen-bond donors (Lipinski definition) is 1. The maximum absolute atomic E-state index is 12.5. The molecule has 2 aromatic carbocycles. The van der Waals surface area contributed by atoms with Gasteiger partial charge in [-0.25, -0.2) is 4.98 Å². The fourth-order valence-electron chi connectivity index (χ4n) is 2.67. The van der Waals surface area contributed by atoms with Crippen molar-refractivity contribution in [3.63, 3.8) is 0 Å². The highest BCUT2D eigenvalue weighted by Crippen LogP contribution is 2.29. The molecule has 1 aromatic heterocycles. The second kappa shape index (κ2) is 9.87. The van der Waals surface area contributed by atoms with E-state index in [0.717, 1.165) is 16.8 Å². The number of nitrogens with one attached hydrogen (secondary N) is 1. The van der Waals surface area contributed by atoms with Crippen molar-refractivity contribution in [1.82, 2.24) is 10.3 Å². The molecule has 3 rings (SSSR count). The van der Waals surface area contributed by atoms with Crippen molar-refractivity contribution in [2.75, 3.05) is 14.2 Å². The number of hydrogen-bond acceptors (Lipinski definition) is 6. The number of amides is 1. The molecule has 0 aliphatic heterocycles. The Morgan fingerprint density at radius 2 is 1.93 bits per heavy atom. The fraction of sp³-hybridized carbons (Fsp3) is 0.238. The number of thiazole rings is 1. The van der Waals surface area contributed by atoms with Gasteiger partial charge in [0.25, 0.3) is 5.91 Å². The van der Waals surface area contributed by atoms with Crippen molar-refractivity contribution < 1.29 is 19.0 Å². The van der Waals surface area contributed by atoms with Gasteiger partial charge in [-0.2, -0.15) is 0 Å². The number of rotatable bonds is 9. The maximum Gasteiger partial charge on any atom is 0.251 e. The first-order chi connectivity index (χ1) is 13.7. The van der Waals surface area contributed by atoms with Gasteiger partial charge in [0.15, 0.2) is 11.5 Å². The third kappa shape index (κ3) is 5.31. The Bertz CT molecular complexity index is 913. The standard InChI is InChI=1S/C21H22N2O4S/c1-25-11-16-5-3-4-15(8-16)10-22-21(24)17-6-7-19(20(9-17)26-2)27-12-18-13-28-14-23-18/h3-9,13-14H,10-12H2,1-2H3,(H,22,24). The first kappa shape index (κ1) is 19.9. The fourth-order valence-corrected chi connectivity index (χ4v) is 3.21. The van der Waals surface area contributed by atoms with E-state index in [1.165, 1.54) is 11.3 Å². The molecule has 0 atom stereocenters. The van der Waals surface area contributed by atoms with Crippen molar-refractivity contribution in [2.45, 2.75) is 19.8 Å². The Kier molecular flexibility index (Phi) is 7.00. The molecule has 1 N–H and O–H groups in total. The molecule has 0 aliphatic carbocycles. The lowest BCUT2D eigenvalue weighted by molar-refractivity contribution is 0.0950. The van der Waals surface area contributed by atoms with Crippen LogP contribution >= 0.6 is 11.3 Å². The number of carbonyl (C=O) groups excluding carboxylic acids is 1. The highest BCUT2D eigenvalue weighted by Gasteiger charge is 2.12. The van der Waals surface area contributed by atoms with Crippen LogP contribution in [0.3, 0.4) is 0 Å². The summed E-state index contributed by atoms with van der Waals surface area (Å²) in [5.74, 6) is 0.894. The van der Waals surface area contributed by atoms with Crippen LogP contribution < -0.4 is 14.8 Å². The molecule has 146 valence electrons. The Morgan fingerprint density at radius 1 is 1.07 bits per heavy atom. The molecule has 0 saturated carbocycles. The summed E-state index contributed by atoms with van der Waals surface area (Å²) in [5.41, 5.74) is 5.19. The van der Waals surface area contributed by atoms with Gasteiger partial charge >= 0.3 is 0 Å². The molecule has 0 bridgehead atoms. The zero-order chi connectivity index (χ0) is 19.8. The van der Waals surface area contributed by atoms with Gasteiger partial charge in [-0.05, 0) is 29.3 Å². The van der Waals surface area contributed by atoms with Crippen LogP contribution in [-0.2, 0) is 24.5 Å². The number of nitrogens with zero attached hydrogens (tertiary/aromatic N) is 1. The normalized spacial score (nSPS) is 10.5. The van der Waals surface area contributed by atoms with E-state index >= 15 is 0 Å². The third-order valence-corrected chi connectivity index (χ3v) is 4.68. The van der Waals surface area contributed by atoms with E-state index in [-0.39, 0.29) is 5.91 Å². The van der Waals surface area contributed by atoms with Crippen molar-refractivity contribution >= 4 is 17.2 Å². The summed E-state index contributed by atoms with van der Waals surface area (Å²) in [5, 5.41) is 4.85. The third-order valence-electron chi connectivity index (χ3n) is 4.04. The Labute approximate surface area is 168 Å². The molecule has 0 fully saturated rings. The number of carbonyl (C=O) groups is 1. The predicted octanol–water partition coefficient (Wildman–Crippen LogP) is 3.81. The molecule has 3 aromatic rings. The summed E-state index contributed by atoms with van der Waals surface area (Å²) in [4.78, 5) is 16.7. The second-order valence-corrected chi connectivity index (χ2v) is 6.79. The molecule has 1 heterocycles. The highest BCUT2D eigenvalue weighted by atomic mass is 32.1. The second-order valence-electron chi connectivity index (χ2n) is 6.07. The zero-order valence-electron chi connectivity index (χ0n) is 15.8. The smallest absolute Gasteiger partial charge is 0.251 e. The van der Waals surface area contributed by atoms with E-state index in [1.54, 1.807) is 37.9 Å². The maximum atomic E-state index is 12.5. The van der Waals surface area contributed by atoms with Crippen molar-refractivity contribution in [3.05, 3.63) is 75.7 Å². The van der Waals surface area contributed by atoms with Crippen LogP contribution in [-0.4, -0.2) is 25.1 Å². The molecule has 28 heavy (non-hydrogen) atoms. The summed E-state index contributed by atoms with van der Waals surface area (Å²) in [6.45, 7) is 1.32. The Morgan fingerprint density at radius 3 is 2.68 bits per heavy atom. The molecule has 0 radical (unpaired) electrons. The number of aromatic nitrogens is 1. The summed E-state index contributed by atoms with van der Waals surface area (Å²) >= 11 is 1.52. The minimum absolute atomic E-state index is 0.179. The number of methoxy groups -OCH3 is 2. The average Bonchev–Trinajstić information content (AvgIpc) is 3.24. The van der Waals surface area contributed by atoms with Gasteiger partial charge in [0.05, 0.1) is 24.9 Å². The average molecular weight is 398 g/mol. The van der Waals surface area contributed by atoms with E-state index in [9.17, 15) is 4.79 Å². The van der Waals surface area contributed by atoms with Crippen molar-refractivity contribution in [1.29, 1.82) is 0 Å². The van der Waals surface area contributed by atoms with E-state index < -0.39 is 0 Å². The summed E-state index contributed by atoms with van der Waals surface area (Å²) in [7, 11) is 3.21. The van der Waals surface area contributed by atoms with Crippen LogP contribution in [0.25, 0.3) is 0 Å². The predicted molar refractivity (Wildman–Crippen MR) is 108 cm³/mol. The van der Waals surface area contributed by atoms with Crippen LogP contribution in [0.15, 0.2) is 53.4 Å². The van der Waals surface area contributed by atoms with E-state index in [2.05, 4.69) is 10.3 Å². The minimum atomic E-state index is -0.179. The van der Waals surface area contributed by atoms with Gasteiger partial charge in [-0.1, -0.05) is 24.3 Å². The van der Waals surface area contributed by atoms with Gasteiger partial charge in [-0.3, -0.25) is 4.79 Å². The lowest BCUT2D eigenvalue weighted by Gasteiger charge is -2.12. The van der Waals surface area contributed by atoms with Crippen LogP contribution in [0.5, 0.6) is 11.5 Å². The Hall–Kier alpha value is -2.90. The van der Waals surface area contributed by atoms with Gasteiger partial charge < -0.3 is 19.5 Å². The topological polar surface area (TPSA) is 69.7 Å². The first-order valence-corrected chi connectivity index (χ1v) is 9.66. The lowest BCUT2D eigenvalue weighted by atomic mass is 10.1. The van der Waals surface area contributed by atoms with Crippen molar-refractivity contribution in [2.24, 2.45) is 0 Å². The van der Waals surface area contributed by atoms with Gasteiger partial charge in [0, 0.05) is 24.6 Å². The molecule has 0 saturated heterocycles. The highest BCUT2D eigenvalue weighted by molar-refractivity contribution is 7.07. The molecule has 1 amide bonds. The summed E-state index contributed by atoms with van der Waals surface area (Å²) in [6.07, 6.45) is 0. The van der Waals surface area contributed by atoms with E-state index in [4.69, 9.17) is 14.2 Å². The monoisotopic (exact) mass is 398 g/mol. The first-order valence-electron chi connectivity index (χ1n) is 8.72. The summed E-state index contributed by atoms with van der Waals surface area (Å²) < 4.78 is 16.3. The Balaban J connectivity index is 1.62. The molecule has 7 heteroatoms.